The monoisotopic (exact) mass is 469 g/mol. The lowest BCUT2D eigenvalue weighted by Gasteiger charge is -2.39. The Balaban J connectivity index is 1.52. The van der Waals surface area contributed by atoms with Crippen molar-refractivity contribution in [3.05, 3.63) is 71.7 Å². The highest BCUT2D eigenvalue weighted by molar-refractivity contribution is 5.78. The average molecular weight is 470 g/mol. The molecule has 1 saturated carbocycles. The van der Waals surface area contributed by atoms with Gasteiger partial charge in [-0.05, 0) is 53.9 Å². The summed E-state index contributed by atoms with van der Waals surface area (Å²) in [4.78, 5) is 20.2. The van der Waals surface area contributed by atoms with Crippen LogP contribution in [0.1, 0.15) is 69.2 Å². The molecule has 5 rings (SSSR count). The number of amides is 1. The Morgan fingerprint density at radius 1 is 1.15 bits per heavy atom. The average Bonchev–Trinajstić information content (AvgIpc) is 3.28. The number of carbonyl (C=O) groups is 1. The fraction of sp³-hybridized carbons (Fsp3) is 0.481. The van der Waals surface area contributed by atoms with Crippen LogP contribution in [0.25, 0.3) is 5.65 Å². The van der Waals surface area contributed by atoms with Crippen molar-refractivity contribution < 1.29 is 18.0 Å². The number of pyridine rings is 1. The zero-order valence-corrected chi connectivity index (χ0v) is 19.8. The summed E-state index contributed by atoms with van der Waals surface area (Å²) in [6, 6.07) is 11.1. The van der Waals surface area contributed by atoms with Crippen molar-refractivity contribution in [2.75, 3.05) is 6.54 Å². The summed E-state index contributed by atoms with van der Waals surface area (Å²) >= 11 is 0. The molecule has 0 spiro atoms. The molecule has 2 aliphatic rings. The van der Waals surface area contributed by atoms with E-state index in [1.165, 1.54) is 12.1 Å². The molecule has 2 fully saturated rings. The van der Waals surface area contributed by atoms with Crippen molar-refractivity contribution in [1.82, 2.24) is 14.3 Å². The van der Waals surface area contributed by atoms with Crippen LogP contribution in [0.15, 0.2) is 54.9 Å². The van der Waals surface area contributed by atoms with E-state index in [0.717, 1.165) is 31.0 Å². The molecular weight excluding hydrogens is 439 g/mol. The molecule has 4 nitrogen and oxygen atoms in total. The van der Waals surface area contributed by atoms with Crippen molar-refractivity contribution in [3.8, 4) is 0 Å². The number of halogens is 3. The number of hydrogen-bond donors (Lipinski definition) is 0. The fourth-order valence-corrected chi connectivity index (χ4v) is 6.58. The zero-order chi connectivity index (χ0) is 24.3. The van der Waals surface area contributed by atoms with Gasteiger partial charge in [-0.2, -0.15) is 13.2 Å². The number of fused-ring (bicyclic) bond motifs is 3. The normalized spacial score (nSPS) is 25.0. The van der Waals surface area contributed by atoms with Gasteiger partial charge in [0.05, 0.1) is 11.3 Å². The Bertz CT molecular complexity index is 1230. The molecule has 0 N–H and O–H groups in total. The summed E-state index contributed by atoms with van der Waals surface area (Å²) in [5.41, 5.74) is 1.46. The van der Waals surface area contributed by atoms with Crippen molar-refractivity contribution in [3.63, 3.8) is 0 Å². The minimum atomic E-state index is -4.45. The van der Waals surface area contributed by atoms with Crippen LogP contribution in [0.5, 0.6) is 0 Å². The molecule has 7 heteroatoms. The third kappa shape index (κ3) is 4.21. The van der Waals surface area contributed by atoms with Crippen molar-refractivity contribution in [2.24, 2.45) is 10.8 Å². The minimum Gasteiger partial charge on any atom is -0.339 e. The molecular formula is C27H30F3N3O. The van der Waals surface area contributed by atoms with Gasteiger partial charge in [-0.25, -0.2) is 4.98 Å². The molecule has 2 aromatic heterocycles. The predicted molar refractivity (Wildman–Crippen MR) is 124 cm³/mol. The highest BCUT2D eigenvalue weighted by Crippen LogP contribution is 2.52. The molecule has 1 saturated heterocycles. The van der Waals surface area contributed by atoms with Gasteiger partial charge in [0.15, 0.2) is 0 Å². The molecule has 3 heterocycles. The minimum absolute atomic E-state index is 0.000261. The van der Waals surface area contributed by atoms with Crippen LogP contribution in [-0.2, 0) is 11.0 Å². The Hall–Kier alpha value is -2.83. The lowest BCUT2D eigenvalue weighted by atomic mass is 9.65. The summed E-state index contributed by atoms with van der Waals surface area (Å²) in [6.45, 7) is 7.48. The topological polar surface area (TPSA) is 37.6 Å². The Morgan fingerprint density at radius 3 is 2.71 bits per heavy atom. The second-order valence-corrected chi connectivity index (χ2v) is 11.2. The first-order valence-corrected chi connectivity index (χ1v) is 11.8. The van der Waals surface area contributed by atoms with E-state index in [-0.39, 0.29) is 29.2 Å². The second-order valence-electron chi connectivity index (χ2n) is 11.2. The summed E-state index contributed by atoms with van der Waals surface area (Å²) in [5.74, 6) is -0.534. The van der Waals surface area contributed by atoms with Gasteiger partial charge in [0, 0.05) is 37.3 Å². The molecule has 3 aromatic rings. The third-order valence-corrected chi connectivity index (χ3v) is 7.53. The molecule has 1 amide bonds. The van der Waals surface area contributed by atoms with E-state index < -0.39 is 17.7 Å². The van der Waals surface area contributed by atoms with E-state index in [1.54, 1.807) is 12.3 Å². The maximum atomic E-state index is 13.7. The van der Waals surface area contributed by atoms with Crippen LogP contribution < -0.4 is 0 Å². The van der Waals surface area contributed by atoms with Crippen LogP contribution >= 0.6 is 0 Å². The number of alkyl halides is 3. The van der Waals surface area contributed by atoms with E-state index in [4.69, 9.17) is 0 Å². The van der Waals surface area contributed by atoms with Gasteiger partial charge < -0.3 is 9.30 Å². The first-order chi connectivity index (χ1) is 15.9. The summed E-state index contributed by atoms with van der Waals surface area (Å²) < 4.78 is 42.4. The number of carbonyl (C=O) groups excluding carboxylic acids is 1. The molecule has 34 heavy (non-hydrogen) atoms. The van der Waals surface area contributed by atoms with Crippen molar-refractivity contribution >= 4 is 11.6 Å². The van der Waals surface area contributed by atoms with Crippen molar-refractivity contribution in [2.45, 2.75) is 64.6 Å². The zero-order valence-electron chi connectivity index (χ0n) is 19.8. The van der Waals surface area contributed by atoms with E-state index in [2.05, 4.69) is 25.8 Å². The van der Waals surface area contributed by atoms with Gasteiger partial charge in [-0.3, -0.25) is 4.79 Å². The van der Waals surface area contributed by atoms with Crippen LogP contribution in [0.2, 0.25) is 0 Å². The summed E-state index contributed by atoms with van der Waals surface area (Å²) in [6.07, 6.45) is 2.21. The predicted octanol–water partition coefficient (Wildman–Crippen LogP) is 6.30. The Morgan fingerprint density at radius 2 is 1.94 bits per heavy atom. The Kier molecular flexibility index (Phi) is 5.30. The summed E-state index contributed by atoms with van der Waals surface area (Å²) in [5, 5.41) is 0. The number of benzene rings is 1. The van der Waals surface area contributed by atoms with Gasteiger partial charge in [0.2, 0.25) is 5.91 Å². The molecule has 1 aromatic carbocycles. The standard InChI is InChI=1S/C27H30F3N3O/c1-25(2)13-20-14-26(3,16-25)17-33(20)24(34)12-21(18-7-6-8-19(11-18)27(28,29)30)22-15-31-23-9-4-5-10-32(22)23/h4-11,15,20-21H,12-14,16-17H2,1-3H3. The lowest BCUT2D eigenvalue weighted by Crippen LogP contribution is -2.38. The highest BCUT2D eigenvalue weighted by Gasteiger charge is 2.51. The quantitative estimate of drug-likeness (QED) is 0.450. The molecule has 3 unspecified atom stereocenters. The smallest absolute Gasteiger partial charge is 0.339 e. The van der Waals surface area contributed by atoms with Crippen LogP contribution in [0, 0.1) is 10.8 Å². The lowest BCUT2D eigenvalue weighted by molar-refractivity contribution is -0.137. The number of imidazole rings is 1. The number of hydrogen-bond acceptors (Lipinski definition) is 2. The fourth-order valence-electron chi connectivity index (χ4n) is 6.58. The van der Waals surface area contributed by atoms with E-state index in [0.29, 0.717) is 17.8 Å². The van der Waals surface area contributed by atoms with Crippen molar-refractivity contribution in [1.29, 1.82) is 0 Å². The van der Waals surface area contributed by atoms with Crippen LogP contribution in [-0.4, -0.2) is 32.8 Å². The van der Waals surface area contributed by atoms with Gasteiger partial charge >= 0.3 is 6.18 Å². The van der Waals surface area contributed by atoms with Gasteiger partial charge in [0.1, 0.15) is 5.65 Å². The third-order valence-electron chi connectivity index (χ3n) is 7.53. The highest BCUT2D eigenvalue weighted by atomic mass is 19.4. The maximum Gasteiger partial charge on any atom is 0.416 e. The number of likely N-dealkylation sites (tertiary alicyclic amines) is 1. The number of rotatable bonds is 4. The Labute approximate surface area is 197 Å². The van der Waals surface area contributed by atoms with Crippen LogP contribution in [0.3, 0.4) is 0 Å². The van der Waals surface area contributed by atoms with E-state index >= 15 is 0 Å². The number of nitrogens with zero attached hydrogens (tertiary/aromatic N) is 3. The number of aromatic nitrogens is 2. The second kappa shape index (κ2) is 7.85. The van der Waals surface area contributed by atoms with Gasteiger partial charge in [-0.15, -0.1) is 0 Å². The molecule has 180 valence electrons. The van der Waals surface area contributed by atoms with Gasteiger partial charge in [-0.1, -0.05) is 45.0 Å². The van der Waals surface area contributed by atoms with Gasteiger partial charge in [0.25, 0.3) is 0 Å². The SMILES string of the molecule is CC1(C)CC2CC(C)(CN2C(=O)CC(c2cccc(C(F)(F)F)c2)c2cnc3ccccn23)C1. The largest absolute Gasteiger partial charge is 0.416 e. The molecule has 0 radical (unpaired) electrons. The summed E-state index contributed by atoms with van der Waals surface area (Å²) in [7, 11) is 0. The van der Waals surface area contributed by atoms with E-state index in [9.17, 15) is 18.0 Å². The first kappa shape index (κ1) is 22.9. The maximum absolute atomic E-state index is 13.7. The molecule has 2 bridgehead atoms. The molecule has 3 atom stereocenters. The first-order valence-electron chi connectivity index (χ1n) is 11.8. The van der Waals surface area contributed by atoms with Crippen LogP contribution in [0.4, 0.5) is 13.2 Å². The molecule has 1 aliphatic carbocycles. The molecule has 1 aliphatic heterocycles. The van der Waals surface area contributed by atoms with E-state index in [1.807, 2.05) is 33.7 Å².